The monoisotopic (exact) mass is 450 g/mol. The number of aromatic nitrogens is 1. The summed E-state index contributed by atoms with van der Waals surface area (Å²) in [5.74, 6) is 0.321. The van der Waals surface area contributed by atoms with Gasteiger partial charge in [0.1, 0.15) is 0 Å². The van der Waals surface area contributed by atoms with Gasteiger partial charge in [-0.1, -0.05) is 48.2 Å². The molecule has 1 amide bonds. The fraction of sp³-hybridized carbons (Fsp3) is 0.250. The predicted molar refractivity (Wildman–Crippen MR) is 132 cm³/mol. The van der Waals surface area contributed by atoms with Crippen LogP contribution in [0.25, 0.3) is 11.3 Å². The minimum Gasteiger partial charge on any atom is -0.369 e. The second-order valence-electron chi connectivity index (χ2n) is 7.32. The molecule has 1 N–H and O–H groups in total. The van der Waals surface area contributed by atoms with Gasteiger partial charge < -0.3 is 10.2 Å². The summed E-state index contributed by atoms with van der Waals surface area (Å²) in [4.78, 5) is 21.8. The maximum atomic E-state index is 12.4. The van der Waals surface area contributed by atoms with E-state index in [4.69, 9.17) is 0 Å². The van der Waals surface area contributed by atoms with Crippen molar-refractivity contribution in [2.24, 2.45) is 0 Å². The number of hydrogen-bond donors (Lipinski definition) is 1. The summed E-state index contributed by atoms with van der Waals surface area (Å²) in [5.41, 5.74) is 4.07. The molecule has 1 fully saturated rings. The van der Waals surface area contributed by atoms with Crippen LogP contribution in [0, 0.1) is 0 Å². The molecule has 1 aliphatic heterocycles. The van der Waals surface area contributed by atoms with Crippen molar-refractivity contribution in [3.8, 4) is 11.3 Å². The molecule has 2 heterocycles. The maximum Gasteiger partial charge on any atom is 0.234 e. The molecule has 1 aromatic heterocycles. The molecule has 0 atom stereocenters. The highest BCUT2D eigenvalue weighted by Gasteiger charge is 2.16. The largest absolute Gasteiger partial charge is 0.369 e. The fourth-order valence-electron chi connectivity index (χ4n) is 3.52. The molecule has 0 radical (unpaired) electrons. The van der Waals surface area contributed by atoms with Crippen LogP contribution >= 0.6 is 23.1 Å². The molecule has 2 aromatic carbocycles. The van der Waals surface area contributed by atoms with E-state index in [2.05, 4.69) is 38.8 Å². The standard InChI is InChI=1S/C24H26N4OS2/c1-2-12-27-13-15-28(16-14-27)21-10-8-20(9-11-21)25-23(29)18-31-24-26-22(17-30-24)19-6-4-3-5-7-19/h2-11,17H,1,12-16,18H2,(H,25,29). The van der Waals surface area contributed by atoms with Gasteiger partial charge in [-0.05, 0) is 24.3 Å². The maximum absolute atomic E-state index is 12.4. The number of nitrogens with zero attached hydrogens (tertiary/aromatic N) is 3. The Morgan fingerprint density at radius 1 is 1.10 bits per heavy atom. The summed E-state index contributed by atoms with van der Waals surface area (Å²) < 4.78 is 0.903. The summed E-state index contributed by atoms with van der Waals surface area (Å²) in [6.07, 6.45) is 1.96. The smallest absolute Gasteiger partial charge is 0.234 e. The Morgan fingerprint density at radius 3 is 2.55 bits per heavy atom. The highest BCUT2D eigenvalue weighted by Crippen LogP contribution is 2.28. The Bertz CT molecular complexity index is 996. The average Bonchev–Trinajstić information content (AvgIpc) is 3.29. The van der Waals surface area contributed by atoms with Crippen LogP contribution in [-0.2, 0) is 4.79 Å². The molecule has 31 heavy (non-hydrogen) atoms. The summed E-state index contributed by atoms with van der Waals surface area (Å²) >= 11 is 3.04. The van der Waals surface area contributed by atoms with Gasteiger partial charge in [0.15, 0.2) is 4.34 Å². The van der Waals surface area contributed by atoms with Crippen molar-refractivity contribution in [3.05, 3.63) is 72.6 Å². The first-order chi connectivity index (χ1) is 15.2. The van der Waals surface area contributed by atoms with Gasteiger partial charge in [-0.3, -0.25) is 9.69 Å². The first-order valence-corrected chi connectivity index (χ1v) is 12.2. The molecular formula is C24H26N4OS2. The number of rotatable bonds is 8. The van der Waals surface area contributed by atoms with Gasteiger partial charge in [-0.25, -0.2) is 4.98 Å². The number of piperazine rings is 1. The number of thioether (sulfide) groups is 1. The SMILES string of the molecule is C=CCN1CCN(c2ccc(NC(=O)CSc3nc(-c4ccccc4)cs3)cc2)CC1. The molecule has 1 saturated heterocycles. The van der Waals surface area contributed by atoms with E-state index >= 15 is 0 Å². The quantitative estimate of drug-likeness (QED) is 0.393. The highest BCUT2D eigenvalue weighted by molar-refractivity contribution is 8.01. The van der Waals surface area contributed by atoms with Gasteiger partial charge in [0.2, 0.25) is 5.91 Å². The Balaban J connectivity index is 1.25. The van der Waals surface area contributed by atoms with E-state index in [0.29, 0.717) is 5.75 Å². The molecule has 0 bridgehead atoms. The third-order valence-corrected chi connectivity index (χ3v) is 7.18. The van der Waals surface area contributed by atoms with Crippen LogP contribution in [0.1, 0.15) is 0 Å². The molecule has 0 unspecified atom stereocenters. The van der Waals surface area contributed by atoms with E-state index in [9.17, 15) is 4.79 Å². The minimum absolute atomic E-state index is 0.0211. The van der Waals surface area contributed by atoms with Gasteiger partial charge in [0.05, 0.1) is 11.4 Å². The number of hydrogen-bond acceptors (Lipinski definition) is 6. The van der Waals surface area contributed by atoms with Crippen molar-refractivity contribution >= 4 is 40.4 Å². The van der Waals surface area contributed by atoms with Crippen molar-refractivity contribution in [2.75, 3.05) is 48.7 Å². The Morgan fingerprint density at radius 2 is 1.84 bits per heavy atom. The van der Waals surface area contributed by atoms with Gasteiger partial charge in [0, 0.05) is 55.0 Å². The zero-order chi connectivity index (χ0) is 21.5. The first-order valence-electron chi connectivity index (χ1n) is 10.3. The highest BCUT2D eigenvalue weighted by atomic mass is 32.2. The Hall–Kier alpha value is -2.61. The van der Waals surface area contributed by atoms with Gasteiger partial charge in [-0.15, -0.1) is 17.9 Å². The summed E-state index contributed by atoms with van der Waals surface area (Å²) in [7, 11) is 0. The van der Waals surface area contributed by atoms with Crippen LogP contribution < -0.4 is 10.2 Å². The lowest BCUT2D eigenvalue weighted by Crippen LogP contribution is -2.46. The molecular weight excluding hydrogens is 424 g/mol. The molecule has 160 valence electrons. The molecule has 4 rings (SSSR count). The number of nitrogens with one attached hydrogen (secondary N) is 1. The summed E-state index contributed by atoms with van der Waals surface area (Å²) in [5, 5.41) is 5.02. The van der Waals surface area contributed by atoms with Crippen molar-refractivity contribution in [1.82, 2.24) is 9.88 Å². The van der Waals surface area contributed by atoms with Crippen LogP contribution in [0.3, 0.4) is 0 Å². The van der Waals surface area contributed by atoms with Crippen LogP contribution in [0.2, 0.25) is 0 Å². The lowest BCUT2D eigenvalue weighted by molar-refractivity contribution is -0.113. The molecule has 1 aliphatic rings. The second-order valence-corrected chi connectivity index (χ2v) is 9.41. The summed E-state index contributed by atoms with van der Waals surface area (Å²) in [6.45, 7) is 8.87. The van der Waals surface area contributed by atoms with Crippen molar-refractivity contribution in [1.29, 1.82) is 0 Å². The van der Waals surface area contributed by atoms with Gasteiger partial charge in [0.25, 0.3) is 0 Å². The molecule has 3 aromatic rings. The Kier molecular flexibility index (Phi) is 7.40. The predicted octanol–water partition coefficient (Wildman–Crippen LogP) is 4.85. The normalized spacial score (nSPS) is 14.4. The van der Waals surface area contributed by atoms with Crippen molar-refractivity contribution in [3.63, 3.8) is 0 Å². The molecule has 0 aliphatic carbocycles. The molecule has 5 nitrogen and oxygen atoms in total. The van der Waals surface area contributed by atoms with E-state index in [1.165, 1.54) is 17.4 Å². The van der Waals surface area contributed by atoms with E-state index in [0.717, 1.165) is 54.0 Å². The number of carbonyl (C=O) groups is 1. The molecule has 0 saturated carbocycles. The number of carbonyl (C=O) groups excluding carboxylic acids is 1. The van der Waals surface area contributed by atoms with Gasteiger partial charge in [-0.2, -0.15) is 0 Å². The Labute approximate surface area is 191 Å². The van der Waals surface area contributed by atoms with E-state index in [-0.39, 0.29) is 5.91 Å². The minimum atomic E-state index is -0.0211. The third kappa shape index (κ3) is 5.97. The summed E-state index contributed by atoms with van der Waals surface area (Å²) in [6, 6.07) is 18.2. The first kappa shape index (κ1) is 21.6. The van der Waals surface area contributed by atoms with E-state index < -0.39 is 0 Å². The van der Waals surface area contributed by atoms with Crippen LogP contribution in [0.5, 0.6) is 0 Å². The molecule has 7 heteroatoms. The van der Waals surface area contributed by atoms with E-state index in [1.54, 1.807) is 11.3 Å². The fourth-order valence-corrected chi connectivity index (χ4v) is 5.15. The number of benzene rings is 2. The lowest BCUT2D eigenvalue weighted by Gasteiger charge is -2.35. The lowest BCUT2D eigenvalue weighted by atomic mass is 10.2. The second kappa shape index (κ2) is 10.6. The van der Waals surface area contributed by atoms with E-state index in [1.807, 2.05) is 53.9 Å². The average molecular weight is 451 g/mol. The van der Waals surface area contributed by atoms with Crippen LogP contribution in [0.15, 0.2) is 77.0 Å². The van der Waals surface area contributed by atoms with Gasteiger partial charge >= 0.3 is 0 Å². The third-order valence-electron chi connectivity index (χ3n) is 5.16. The topological polar surface area (TPSA) is 48.5 Å². The molecule has 0 spiro atoms. The number of anilines is 2. The van der Waals surface area contributed by atoms with Crippen LogP contribution in [0.4, 0.5) is 11.4 Å². The van der Waals surface area contributed by atoms with Crippen LogP contribution in [-0.4, -0.2) is 54.3 Å². The van der Waals surface area contributed by atoms with Crippen molar-refractivity contribution in [2.45, 2.75) is 4.34 Å². The number of amides is 1. The number of thiazole rings is 1. The van der Waals surface area contributed by atoms with Crippen molar-refractivity contribution < 1.29 is 4.79 Å². The zero-order valence-corrected chi connectivity index (χ0v) is 19.0. The zero-order valence-electron chi connectivity index (χ0n) is 17.4.